The SMILES string of the molecule is CN1C(=O)N(Cc2cc3nccc(-c4cc(Cl)cc5c4N(C4CNC4)CCC5)c3s2)C(=O)C12CCC2. The fourth-order valence-corrected chi connectivity index (χ4v) is 7.65. The Labute approximate surface area is 219 Å². The Morgan fingerprint density at radius 1 is 1.17 bits per heavy atom. The molecule has 186 valence electrons. The number of fused-ring (bicyclic) bond motifs is 2. The quantitative estimate of drug-likeness (QED) is 0.506. The van der Waals surface area contributed by atoms with Crippen LogP contribution in [0.5, 0.6) is 0 Å². The molecule has 7 nitrogen and oxygen atoms in total. The monoisotopic (exact) mass is 521 g/mol. The number of thiophene rings is 1. The molecule has 5 heterocycles. The summed E-state index contributed by atoms with van der Waals surface area (Å²) in [5, 5.41) is 4.16. The molecule has 2 aromatic heterocycles. The largest absolute Gasteiger partial charge is 0.365 e. The minimum atomic E-state index is -0.614. The standard InChI is InChI=1S/C27H28ClN5O2S/c1-31-26(35)33(25(34)27(31)6-3-7-27)15-19-12-22-24(36-19)20(5-8-30-22)21-11-17(28)10-16-4-2-9-32(23(16)21)18-13-29-14-18/h5,8,10-12,18,29H,2-4,6-7,9,13-15H2,1H3. The third-order valence-electron chi connectivity index (χ3n) is 8.54. The number of carbonyl (C=O) groups is 2. The summed E-state index contributed by atoms with van der Waals surface area (Å²) in [5.74, 6) is -0.0550. The van der Waals surface area contributed by atoms with Gasteiger partial charge in [-0.15, -0.1) is 11.3 Å². The molecule has 2 saturated heterocycles. The van der Waals surface area contributed by atoms with Crippen molar-refractivity contribution in [3.63, 3.8) is 0 Å². The molecule has 9 heteroatoms. The molecule has 1 saturated carbocycles. The van der Waals surface area contributed by atoms with Gasteiger partial charge in [0.25, 0.3) is 5.91 Å². The predicted molar refractivity (Wildman–Crippen MR) is 143 cm³/mol. The summed E-state index contributed by atoms with van der Waals surface area (Å²) >= 11 is 8.26. The number of benzene rings is 1. The van der Waals surface area contributed by atoms with Gasteiger partial charge in [-0.1, -0.05) is 11.6 Å². The van der Waals surface area contributed by atoms with Crippen molar-refractivity contribution < 1.29 is 9.59 Å². The number of amides is 3. The van der Waals surface area contributed by atoms with Gasteiger partial charge in [-0.25, -0.2) is 4.79 Å². The van der Waals surface area contributed by atoms with Crippen LogP contribution in [0.25, 0.3) is 21.3 Å². The summed E-state index contributed by atoms with van der Waals surface area (Å²) in [6, 6.07) is 8.61. The van der Waals surface area contributed by atoms with Gasteiger partial charge in [0.15, 0.2) is 0 Å². The van der Waals surface area contributed by atoms with E-state index in [9.17, 15) is 9.59 Å². The number of hydrogen-bond donors (Lipinski definition) is 1. The van der Waals surface area contributed by atoms with Gasteiger partial charge < -0.3 is 15.1 Å². The summed E-state index contributed by atoms with van der Waals surface area (Å²) in [6.45, 7) is 3.35. The molecule has 1 aromatic carbocycles. The number of pyridine rings is 1. The zero-order valence-electron chi connectivity index (χ0n) is 20.2. The summed E-state index contributed by atoms with van der Waals surface area (Å²) in [5.41, 5.74) is 5.13. The molecule has 0 unspecified atom stereocenters. The molecular weight excluding hydrogens is 494 g/mol. The molecule has 7 rings (SSSR count). The van der Waals surface area contributed by atoms with Gasteiger partial charge >= 0.3 is 6.03 Å². The molecule has 36 heavy (non-hydrogen) atoms. The van der Waals surface area contributed by atoms with E-state index in [1.807, 2.05) is 12.3 Å². The number of likely N-dealkylation sites (N-methyl/N-ethyl adjacent to an activating group) is 1. The Kier molecular flexibility index (Phi) is 5.10. The van der Waals surface area contributed by atoms with Crippen LogP contribution in [0, 0.1) is 0 Å². The summed E-state index contributed by atoms with van der Waals surface area (Å²) in [7, 11) is 1.76. The minimum Gasteiger partial charge on any atom is -0.365 e. The van der Waals surface area contributed by atoms with Crippen molar-refractivity contribution in [3.05, 3.63) is 45.9 Å². The van der Waals surface area contributed by atoms with Crippen LogP contribution in [0.3, 0.4) is 0 Å². The zero-order chi connectivity index (χ0) is 24.6. The van der Waals surface area contributed by atoms with Gasteiger partial charge in [0.2, 0.25) is 0 Å². The molecule has 4 aliphatic rings. The number of halogens is 1. The van der Waals surface area contributed by atoms with Crippen LogP contribution >= 0.6 is 22.9 Å². The number of hydrogen-bond acceptors (Lipinski definition) is 6. The first-order valence-corrected chi connectivity index (χ1v) is 13.9. The average Bonchev–Trinajstić information content (AvgIpc) is 3.29. The van der Waals surface area contributed by atoms with E-state index in [4.69, 9.17) is 11.6 Å². The fourth-order valence-electron chi connectivity index (χ4n) is 6.28. The maximum Gasteiger partial charge on any atom is 0.327 e. The highest BCUT2D eigenvalue weighted by Crippen LogP contribution is 2.46. The first-order valence-electron chi connectivity index (χ1n) is 12.7. The van der Waals surface area contributed by atoms with Gasteiger partial charge in [0, 0.05) is 59.6 Å². The highest BCUT2D eigenvalue weighted by molar-refractivity contribution is 7.19. The van der Waals surface area contributed by atoms with E-state index >= 15 is 0 Å². The molecule has 1 aliphatic carbocycles. The van der Waals surface area contributed by atoms with Gasteiger partial charge in [-0.3, -0.25) is 14.7 Å². The lowest BCUT2D eigenvalue weighted by atomic mass is 9.76. The molecular formula is C27H28ClN5O2S. The first kappa shape index (κ1) is 22.5. The lowest BCUT2D eigenvalue weighted by Gasteiger charge is -2.44. The van der Waals surface area contributed by atoms with Gasteiger partial charge in [-0.05, 0) is 61.9 Å². The Morgan fingerprint density at radius 2 is 2.00 bits per heavy atom. The molecule has 3 aromatic rings. The zero-order valence-corrected chi connectivity index (χ0v) is 21.8. The smallest absolute Gasteiger partial charge is 0.327 e. The Bertz CT molecular complexity index is 1410. The highest BCUT2D eigenvalue weighted by atomic mass is 35.5. The van der Waals surface area contributed by atoms with Crippen molar-refractivity contribution in [1.29, 1.82) is 0 Å². The van der Waals surface area contributed by atoms with Crippen molar-refractivity contribution in [1.82, 2.24) is 20.1 Å². The molecule has 1 N–H and O–H groups in total. The lowest BCUT2D eigenvalue weighted by Crippen LogP contribution is -2.58. The van der Waals surface area contributed by atoms with E-state index in [2.05, 4.69) is 33.4 Å². The van der Waals surface area contributed by atoms with Crippen molar-refractivity contribution in [2.75, 3.05) is 31.6 Å². The van der Waals surface area contributed by atoms with Crippen LogP contribution in [-0.4, -0.2) is 65.0 Å². The van der Waals surface area contributed by atoms with Crippen LogP contribution in [0.2, 0.25) is 5.02 Å². The molecule has 1 spiro atoms. The molecule has 3 fully saturated rings. The third kappa shape index (κ3) is 3.17. The number of aryl methyl sites for hydroxylation is 1. The van der Waals surface area contributed by atoms with Crippen LogP contribution in [0.15, 0.2) is 30.5 Å². The number of rotatable bonds is 4. The highest BCUT2D eigenvalue weighted by Gasteiger charge is 2.58. The van der Waals surface area contributed by atoms with E-state index < -0.39 is 5.54 Å². The van der Waals surface area contributed by atoms with Crippen LogP contribution in [0.1, 0.15) is 36.1 Å². The minimum absolute atomic E-state index is 0.0550. The lowest BCUT2D eigenvalue weighted by molar-refractivity contribution is -0.137. The second-order valence-corrected chi connectivity index (χ2v) is 12.0. The maximum atomic E-state index is 13.2. The van der Waals surface area contributed by atoms with Crippen LogP contribution < -0.4 is 10.2 Å². The van der Waals surface area contributed by atoms with Gasteiger partial charge in [0.05, 0.1) is 22.8 Å². The third-order valence-corrected chi connectivity index (χ3v) is 9.90. The van der Waals surface area contributed by atoms with Crippen molar-refractivity contribution in [2.24, 2.45) is 0 Å². The van der Waals surface area contributed by atoms with E-state index in [0.29, 0.717) is 6.04 Å². The number of carbonyl (C=O) groups excluding carboxylic acids is 2. The number of anilines is 1. The van der Waals surface area contributed by atoms with Crippen molar-refractivity contribution in [3.8, 4) is 11.1 Å². The molecule has 3 amide bonds. The number of nitrogens with one attached hydrogen (secondary N) is 1. The first-order chi connectivity index (χ1) is 17.5. The average molecular weight is 522 g/mol. The van der Waals surface area contributed by atoms with Gasteiger partial charge in [0.1, 0.15) is 5.54 Å². The topological polar surface area (TPSA) is 68.8 Å². The van der Waals surface area contributed by atoms with Gasteiger partial charge in [-0.2, -0.15) is 0 Å². The summed E-state index contributed by atoms with van der Waals surface area (Å²) in [4.78, 5) is 37.4. The number of imide groups is 1. The maximum absolute atomic E-state index is 13.2. The fraction of sp³-hybridized carbons (Fsp3) is 0.444. The van der Waals surface area contributed by atoms with E-state index in [1.54, 1.807) is 23.3 Å². The van der Waals surface area contributed by atoms with E-state index in [0.717, 1.165) is 83.0 Å². The summed E-state index contributed by atoms with van der Waals surface area (Å²) in [6.07, 6.45) is 6.52. The second kappa shape index (κ2) is 8.16. The molecule has 0 bridgehead atoms. The molecule has 3 aliphatic heterocycles. The van der Waals surface area contributed by atoms with Crippen LogP contribution in [0.4, 0.5) is 10.5 Å². The van der Waals surface area contributed by atoms with Crippen molar-refractivity contribution in [2.45, 2.75) is 50.2 Å². The molecule has 0 atom stereocenters. The number of urea groups is 1. The number of nitrogens with zero attached hydrogens (tertiary/aromatic N) is 4. The normalized spacial score (nSPS) is 21.3. The Balaban J connectivity index is 1.29. The van der Waals surface area contributed by atoms with E-state index in [1.165, 1.54) is 16.2 Å². The van der Waals surface area contributed by atoms with Crippen molar-refractivity contribution >= 4 is 50.8 Å². The summed E-state index contributed by atoms with van der Waals surface area (Å²) < 4.78 is 1.07. The van der Waals surface area contributed by atoms with E-state index in [-0.39, 0.29) is 18.5 Å². The second-order valence-electron chi connectivity index (χ2n) is 10.5. The predicted octanol–water partition coefficient (Wildman–Crippen LogP) is 4.66. The number of aromatic nitrogens is 1. The Hall–Kier alpha value is -2.68. The molecule has 0 radical (unpaired) electrons. The Morgan fingerprint density at radius 3 is 2.69 bits per heavy atom. The van der Waals surface area contributed by atoms with Crippen LogP contribution in [-0.2, 0) is 17.8 Å².